The molecule has 1 aliphatic heterocycles. The van der Waals surface area contributed by atoms with E-state index in [0.29, 0.717) is 6.04 Å². The summed E-state index contributed by atoms with van der Waals surface area (Å²) in [6, 6.07) is 6.70. The largest absolute Gasteiger partial charge is 0.334 e. The quantitative estimate of drug-likeness (QED) is 0.866. The van der Waals surface area contributed by atoms with Gasteiger partial charge in [0.25, 0.3) is 0 Å². The molecule has 0 amide bonds. The van der Waals surface area contributed by atoms with Crippen molar-refractivity contribution in [3.05, 3.63) is 39.1 Å². The standard InChI is InChI=1S/C18H22N4S/c1-21-16-6-3-2-5-15(16)20-18(21)17-7-4-10-22(17)12-14-9-8-13(11-19)23-14/h8-9,17H,2-7,10,12H2,1H3/t17-/m0/s1. The number of imidazole rings is 1. The van der Waals surface area contributed by atoms with Gasteiger partial charge < -0.3 is 4.57 Å². The summed E-state index contributed by atoms with van der Waals surface area (Å²) >= 11 is 1.62. The maximum Gasteiger partial charge on any atom is 0.126 e. The zero-order valence-corrected chi connectivity index (χ0v) is 14.4. The van der Waals surface area contributed by atoms with Crippen LogP contribution in [0.1, 0.15) is 58.7 Å². The van der Waals surface area contributed by atoms with E-state index in [1.165, 1.54) is 54.2 Å². The van der Waals surface area contributed by atoms with Crippen molar-refractivity contribution >= 4 is 11.3 Å². The van der Waals surface area contributed by atoms with Crippen LogP contribution in [0.3, 0.4) is 0 Å². The average Bonchev–Trinajstić information content (AvgIpc) is 3.28. The van der Waals surface area contributed by atoms with Crippen LogP contribution in [0.5, 0.6) is 0 Å². The van der Waals surface area contributed by atoms with Gasteiger partial charge in [0.2, 0.25) is 0 Å². The Labute approximate surface area is 141 Å². The molecular formula is C18H22N4S. The zero-order chi connectivity index (χ0) is 15.8. The predicted molar refractivity (Wildman–Crippen MR) is 91.3 cm³/mol. The molecule has 1 aliphatic carbocycles. The minimum absolute atomic E-state index is 0.429. The molecule has 4 nitrogen and oxygen atoms in total. The molecule has 1 saturated heterocycles. The van der Waals surface area contributed by atoms with E-state index < -0.39 is 0 Å². The summed E-state index contributed by atoms with van der Waals surface area (Å²) in [7, 11) is 2.20. The molecule has 0 radical (unpaired) electrons. The highest BCUT2D eigenvalue weighted by Gasteiger charge is 2.31. The predicted octanol–water partition coefficient (Wildman–Crippen LogP) is 3.57. The van der Waals surface area contributed by atoms with Crippen molar-refractivity contribution in [3.63, 3.8) is 0 Å². The van der Waals surface area contributed by atoms with Crippen LogP contribution in [0.25, 0.3) is 0 Å². The van der Waals surface area contributed by atoms with Crippen molar-refractivity contribution in [1.82, 2.24) is 14.5 Å². The van der Waals surface area contributed by atoms with Crippen LogP contribution in [-0.2, 0) is 26.4 Å². The van der Waals surface area contributed by atoms with Gasteiger partial charge in [-0.05, 0) is 57.2 Å². The lowest BCUT2D eigenvalue weighted by molar-refractivity contribution is 0.238. The highest BCUT2D eigenvalue weighted by Crippen LogP contribution is 2.35. The van der Waals surface area contributed by atoms with Crippen LogP contribution in [0.2, 0.25) is 0 Å². The van der Waals surface area contributed by atoms with Gasteiger partial charge in [0.05, 0.1) is 11.7 Å². The Bertz CT molecular complexity index is 752. The molecule has 0 aromatic carbocycles. The molecule has 1 atom stereocenters. The number of aryl methyl sites for hydroxylation is 1. The van der Waals surface area contributed by atoms with Gasteiger partial charge in [0, 0.05) is 24.2 Å². The normalized spacial score (nSPS) is 21.3. The second-order valence-electron chi connectivity index (χ2n) is 6.64. The SMILES string of the molecule is Cn1c([C@@H]2CCCN2Cc2ccc(C#N)s2)nc2c1CCCC2. The van der Waals surface area contributed by atoms with Gasteiger partial charge in [0.1, 0.15) is 16.8 Å². The molecular weight excluding hydrogens is 304 g/mol. The summed E-state index contributed by atoms with van der Waals surface area (Å²) in [5.41, 5.74) is 2.80. The van der Waals surface area contributed by atoms with Crippen LogP contribution in [0.15, 0.2) is 12.1 Å². The summed E-state index contributed by atoms with van der Waals surface area (Å²) in [6.45, 7) is 2.07. The lowest BCUT2D eigenvalue weighted by Gasteiger charge is -2.23. The van der Waals surface area contributed by atoms with Gasteiger partial charge >= 0.3 is 0 Å². The van der Waals surface area contributed by atoms with E-state index in [9.17, 15) is 0 Å². The molecule has 5 heteroatoms. The number of likely N-dealkylation sites (tertiary alicyclic amines) is 1. The number of hydrogen-bond acceptors (Lipinski definition) is 4. The molecule has 2 aromatic rings. The molecule has 1 fully saturated rings. The van der Waals surface area contributed by atoms with Gasteiger partial charge in [-0.3, -0.25) is 4.90 Å². The lowest BCUT2D eigenvalue weighted by Crippen LogP contribution is -2.24. The topological polar surface area (TPSA) is 44.9 Å². The second kappa shape index (κ2) is 6.10. The summed E-state index contributed by atoms with van der Waals surface area (Å²) < 4.78 is 2.37. The van der Waals surface area contributed by atoms with Gasteiger partial charge in [-0.2, -0.15) is 5.26 Å². The molecule has 0 bridgehead atoms. The van der Waals surface area contributed by atoms with Crippen LogP contribution < -0.4 is 0 Å². The van der Waals surface area contributed by atoms with Crippen molar-refractivity contribution in [2.45, 2.75) is 51.1 Å². The van der Waals surface area contributed by atoms with Gasteiger partial charge in [-0.1, -0.05) is 0 Å². The highest BCUT2D eigenvalue weighted by molar-refractivity contribution is 7.12. The first-order chi connectivity index (χ1) is 11.3. The minimum atomic E-state index is 0.429. The third-order valence-electron chi connectivity index (χ3n) is 5.20. The maximum absolute atomic E-state index is 9.01. The fraction of sp³-hybridized carbons (Fsp3) is 0.556. The first kappa shape index (κ1) is 14.9. The minimum Gasteiger partial charge on any atom is -0.334 e. The number of aromatic nitrogens is 2. The van der Waals surface area contributed by atoms with Crippen molar-refractivity contribution in [1.29, 1.82) is 5.26 Å². The number of rotatable bonds is 3. The third-order valence-corrected chi connectivity index (χ3v) is 6.18. The Balaban J connectivity index is 1.58. The number of hydrogen-bond donors (Lipinski definition) is 0. The lowest BCUT2D eigenvalue weighted by atomic mass is 10.0. The van der Waals surface area contributed by atoms with Crippen molar-refractivity contribution in [2.24, 2.45) is 7.05 Å². The Kier molecular flexibility index (Phi) is 3.96. The molecule has 0 unspecified atom stereocenters. The first-order valence-electron chi connectivity index (χ1n) is 8.53. The summed E-state index contributed by atoms with van der Waals surface area (Å²) in [6.07, 6.45) is 7.34. The van der Waals surface area contributed by atoms with Gasteiger partial charge in [0.15, 0.2) is 0 Å². The molecule has 120 valence electrons. The second-order valence-corrected chi connectivity index (χ2v) is 7.80. The molecule has 3 heterocycles. The van der Waals surface area contributed by atoms with E-state index >= 15 is 0 Å². The number of thiophene rings is 1. The number of nitrogens with zero attached hydrogens (tertiary/aromatic N) is 4. The van der Waals surface area contributed by atoms with E-state index in [4.69, 9.17) is 10.2 Å². The van der Waals surface area contributed by atoms with E-state index in [1.807, 2.05) is 6.07 Å². The van der Waals surface area contributed by atoms with Crippen LogP contribution >= 0.6 is 11.3 Å². The zero-order valence-electron chi connectivity index (χ0n) is 13.6. The Hall–Kier alpha value is -1.64. The van der Waals surface area contributed by atoms with Crippen molar-refractivity contribution in [2.75, 3.05) is 6.54 Å². The summed E-state index contributed by atoms with van der Waals surface area (Å²) in [4.78, 5) is 9.65. The maximum atomic E-state index is 9.01. The van der Waals surface area contributed by atoms with E-state index in [-0.39, 0.29) is 0 Å². The van der Waals surface area contributed by atoms with Crippen LogP contribution in [-0.4, -0.2) is 21.0 Å². The molecule has 23 heavy (non-hydrogen) atoms. The molecule has 0 spiro atoms. The third kappa shape index (κ3) is 2.71. The van der Waals surface area contributed by atoms with E-state index in [0.717, 1.165) is 24.4 Å². The summed E-state index contributed by atoms with van der Waals surface area (Å²) in [5.74, 6) is 1.26. The molecule has 0 saturated carbocycles. The van der Waals surface area contributed by atoms with Gasteiger partial charge in [-0.15, -0.1) is 11.3 Å². The van der Waals surface area contributed by atoms with E-state index in [2.05, 4.69) is 28.7 Å². The van der Waals surface area contributed by atoms with Gasteiger partial charge in [-0.25, -0.2) is 4.98 Å². The number of fused-ring (bicyclic) bond motifs is 1. The van der Waals surface area contributed by atoms with Crippen molar-refractivity contribution < 1.29 is 0 Å². The van der Waals surface area contributed by atoms with Crippen molar-refractivity contribution in [3.8, 4) is 6.07 Å². The fourth-order valence-electron chi connectivity index (χ4n) is 4.04. The first-order valence-corrected chi connectivity index (χ1v) is 9.35. The van der Waals surface area contributed by atoms with Crippen LogP contribution in [0, 0.1) is 11.3 Å². The summed E-state index contributed by atoms with van der Waals surface area (Å²) in [5, 5.41) is 9.01. The Morgan fingerprint density at radius 3 is 2.96 bits per heavy atom. The fourth-order valence-corrected chi connectivity index (χ4v) is 4.87. The van der Waals surface area contributed by atoms with Crippen LogP contribution in [0.4, 0.5) is 0 Å². The molecule has 2 aliphatic rings. The monoisotopic (exact) mass is 326 g/mol. The smallest absolute Gasteiger partial charge is 0.126 e. The molecule has 0 N–H and O–H groups in total. The molecule has 2 aromatic heterocycles. The highest BCUT2D eigenvalue weighted by atomic mass is 32.1. The number of nitriles is 1. The van der Waals surface area contributed by atoms with E-state index in [1.54, 1.807) is 11.3 Å². The molecule has 4 rings (SSSR count). The average molecular weight is 326 g/mol. The Morgan fingerprint density at radius 2 is 2.17 bits per heavy atom. The Morgan fingerprint density at radius 1 is 1.30 bits per heavy atom.